The maximum absolute atomic E-state index is 12.3. The van der Waals surface area contributed by atoms with Crippen LogP contribution in [0.5, 0.6) is 11.5 Å². The Kier molecular flexibility index (Phi) is 6.48. The number of hydrogen-bond donors (Lipinski definition) is 2. The number of aromatic nitrogens is 4. The molecule has 184 valence electrons. The summed E-state index contributed by atoms with van der Waals surface area (Å²) in [5.74, 6) is 0.768. The number of aliphatic hydroxyl groups is 2. The summed E-state index contributed by atoms with van der Waals surface area (Å²) in [5.41, 5.74) is 0.514. The second kappa shape index (κ2) is 9.11. The lowest BCUT2D eigenvalue weighted by atomic mass is 9.82. The maximum atomic E-state index is 12.3. The van der Waals surface area contributed by atoms with Gasteiger partial charge >= 0.3 is 0 Å². The van der Waals surface area contributed by atoms with Gasteiger partial charge in [-0.3, -0.25) is 4.98 Å². The molecule has 0 saturated heterocycles. The van der Waals surface area contributed by atoms with Gasteiger partial charge in [0.25, 0.3) is 0 Å². The average molecular weight is 497 g/mol. The lowest BCUT2D eigenvalue weighted by molar-refractivity contribution is 0.0277. The van der Waals surface area contributed by atoms with Crippen LogP contribution in [0, 0.1) is 13.8 Å². The van der Waals surface area contributed by atoms with Gasteiger partial charge in [-0.15, -0.1) is 5.10 Å². The molecule has 2 N–H and O–H groups in total. The first-order chi connectivity index (χ1) is 16.5. The standard InChI is InChI=1S/C26H29ClN4O4/c1-15-7-10-20(16(2)29-15)26(33,22-13-28-30-31(22)5)18-9-8-17-11-21(34-6)24(23(27)19(17)12-18)35-14-25(3,4)32/h7-13,32-33H,14H2,1-6H3. The smallest absolute Gasteiger partial charge is 0.180 e. The predicted octanol–water partition coefficient (Wildman–Crippen LogP) is 4.08. The zero-order valence-corrected chi connectivity index (χ0v) is 21.4. The van der Waals surface area contributed by atoms with Gasteiger partial charge in [0.15, 0.2) is 17.1 Å². The Morgan fingerprint density at radius 3 is 2.43 bits per heavy atom. The summed E-state index contributed by atoms with van der Waals surface area (Å²) in [7, 11) is 3.26. The van der Waals surface area contributed by atoms with Gasteiger partial charge < -0.3 is 19.7 Å². The number of nitrogens with zero attached hydrogens (tertiary/aromatic N) is 4. The number of pyridine rings is 1. The predicted molar refractivity (Wildman–Crippen MR) is 134 cm³/mol. The minimum Gasteiger partial charge on any atom is -0.493 e. The van der Waals surface area contributed by atoms with Crippen molar-refractivity contribution in [3.8, 4) is 11.5 Å². The zero-order chi connectivity index (χ0) is 25.5. The van der Waals surface area contributed by atoms with E-state index in [2.05, 4.69) is 15.3 Å². The van der Waals surface area contributed by atoms with Crippen LogP contribution in [0.4, 0.5) is 0 Å². The molecule has 0 saturated carbocycles. The highest BCUT2D eigenvalue weighted by Gasteiger charge is 2.39. The van der Waals surface area contributed by atoms with Crippen LogP contribution in [-0.4, -0.2) is 49.5 Å². The van der Waals surface area contributed by atoms with Crippen LogP contribution in [0.3, 0.4) is 0 Å². The summed E-state index contributed by atoms with van der Waals surface area (Å²) in [6, 6.07) is 11.1. The van der Waals surface area contributed by atoms with Crippen LogP contribution in [0.1, 0.15) is 42.1 Å². The number of aryl methyl sites for hydroxylation is 3. The van der Waals surface area contributed by atoms with E-state index < -0.39 is 11.2 Å². The van der Waals surface area contributed by atoms with Crippen molar-refractivity contribution in [3.05, 3.63) is 75.8 Å². The Morgan fingerprint density at radius 2 is 1.83 bits per heavy atom. The van der Waals surface area contributed by atoms with E-state index in [1.54, 1.807) is 20.9 Å². The quantitative estimate of drug-likeness (QED) is 0.397. The van der Waals surface area contributed by atoms with E-state index in [1.807, 2.05) is 50.2 Å². The normalized spacial score (nSPS) is 13.6. The van der Waals surface area contributed by atoms with E-state index in [0.29, 0.717) is 44.4 Å². The minimum absolute atomic E-state index is 0.0210. The third-order valence-electron chi connectivity index (χ3n) is 5.91. The van der Waals surface area contributed by atoms with E-state index >= 15 is 0 Å². The van der Waals surface area contributed by atoms with Crippen molar-refractivity contribution in [1.82, 2.24) is 20.0 Å². The Balaban J connectivity index is 1.96. The lowest BCUT2D eigenvalue weighted by Crippen LogP contribution is -2.32. The molecule has 0 aliphatic rings. The number of halogens is 1. The Labute approximate surface area is 209 Å². The highest BCUT2D eigenvalue weighted by molar-refractivity contribution is 6.37. The Morgan fingerprint density at radius 1 is 1.09 bits per heavy atom. The SMILES string of the molecule is COc1cc2ccc(C(O)(c3ccc(C)nc3C)c3cnnn3C)cc2c(Cl)c1OCC(C)(C)O. The minimum atomic E-state index is -1.60. The molecule has 0 spiro atoms. The van der Waals surface area contributed by atoms with Gasteiger partial charge in [-0.1, -0.05) is 35.0 Å². The molecule has 1 unspecified atom stereocenters. The third kappa shape index (κ3) is 4.57. The topological polar surface area (TPSA) is 103 Å². The first kappa shape index (κ1) is 24.9. The zero-order valence-electron chi connectivity index (χ0n) is 20.6. The number of rotatable bonds is 7. The third-order valence-corrected chi connectivity index (χ3v) is 6.28. The fourth-order valence-electron chi connectivity index (χ4n) is 4.20. The number of methoxy groups -OCH3 is 1. The summed E-state index contributed by atoms with van der Waals surface area (Å²) in [4.78, 5) is 4.57. The molecule has 8 nitrogen and oxygen atoms in total. The van der Waals surface area contributed by atoms with Crippen LogP contribution in [0.25, 0.3) is 10.8 Å². The van der Waals surface area contributed by atoms with Crippen molar-refractivity contribution in [1.29, 1.82) is 0 Å². The van der Waals surface area contributed by atoms with Crippen molar-refractivity contribution >= 4 is 22.4 Å². The first-order valence-corrected chi connectivity index (χ1v) is 11.5. The molecular formula is C26H29ClN4O4. The summed E-state index contributed by atoms with van der Waals surface area (Å²) < 4.78 is 12.9. The van der Waals surface area contributed by atoms with E-state index in [-0.39, 0.29) is 6.61 Å². The van der Waals surface area contributed by atoms with E-state index in [1.165, 1.54) is 18.0 Å². The molecule has 2 aromatic carbocycles. The molecule has 9 heteroatoms. The Bertz CT molecular complexity index is 1400. The van der Waals surface area contributed by atoms with Crippen molar-refractivity contribution < 1.29 is 19.7 Å². The average Bonchev–Trinajstić information content (AvgIpc) is 3.23. The molecule has 1 atom stereocenters. The highest BCUT2D eigenvalue weighted by atomic mass is 35.5. The molecule has 0 aliphatic carbocycles. The van der Waals surface area contributed by atoms with Gasteiger partial charge in [-0.05, 0) is 56.8 Å². The second-order valence-corrected chi connectivity index (χ2v) is 9.68. The number of ether oxygens (including phenoxy) is 2. The molecule has 0 radical (unpaired) electrons. The highest BCUT2D eigenvalue weighted by Crippen LogP contribution is 2.44. The van der Waals surface area contributed by atoms with Crippen LogP contribution >= 0.6 is 11.6 Å². The van der Waals surface area contributed by atoms with Gasteiger partial charge in [0.1, 0.15) is 6.61 Å². The summed E-state index contributed by atoms with van der Waals surface area (Å²) in [6.07, 6.45) is 1.54. The van der Waals surface area contributed by atoms with Crippen LogP contribution < -0.4 is 9.47 Å². The Hall–Kier alpha value is -3.20. The van der Waals surface area contributed by atoms with Gasteiger partial charge in [0, 0.05) is 29.4 Å². The fraction of sp³-hybridized carbons (Fsp3) is 0.346. The molecular weight excluding hydrogens is 468 g/mol. The molecule has 2 aromatic heterocycles. The van der Waals surface area contributed by atoms with Crippen LogP contribution in [0.2, 0.25) is 5.02 Å². The molecule has 2 heterocycles. The molecule has 0 fully saturated rings. The number of benzene rings is 2. The molecule has 0 bridgehead atoms. The summed E-state index contributed by atoms with van der Waals surface area (Å²) in [5, 5.41) is 32.3. The second-order valence-electron chi connectivity index (χ2n) is 9.30. The maximum Gasteiger partial charge on any atom is 0.180 e. The van der Waals surface area contributed by atoms with Crippen molar-refractivity contribution in [2.24, 2.45) is 7.05 Å². The monoisotopic (exact) mass is 496 g/mol. The van der Waals surface area contributed by atoms with Gasteiger partial charge in [-0.25, -0.2) is 4.68 Å². The number of hydrogen-bond acceptors (Lipinski definition) is 7. The van der Waals surface area contributed by atoms with Gasteiger partial charge in [0.05, 0.1) is 29.6 Å². The first-order valence-electron chi connectivity index (χ1n) is 11.1. The van der Waals surface area contributed by atoms with Gasteiger partial charge in [-0.2, -0.15) is 0 Å². The van der Waals surface area contributed by atoms with E-state index in [0.717, 1.165) is 11.1 Å². The number of fused-ring (bicyclic) bond motifs is 1. The van der Waals surface area contributed by atoms with Crippen molar-refractivity contribution in [3.63, 3.8) is 0 Å². The molecule has 0 aliphatic heterocycles. The molecule has 35 heavy (non-hydrogen) atoms. The molecule has 4 rings (SSSR count). The fourth-order valence-corrected chi connectivity index (χ4v) is 4.51. The van der Waals surface area contributed by atoms with E-state index in [4.69, 9.17) is 21.1 Å². The molecule has 0 amide bonds. The summed E-state index contributed by atoms with van der Waals surface area (Å²) >= 11 is 6.82. The molecule has 4 aromatic rings. The van der Waals surface area contributed by atoms with Gasteiger partial charge in [0.2, 0.25) is 0 Å². The van der Waals surface area contributed by atoms with E-state index in [9.17, 15) is 10.2 Å². The summed E-state index contributed by atoms with van der Waals surface area (Å²) in [6.45, 7) is 7.07. The largest absolute Gasteiger partial charge is 0.493 e. The van der Waals surface area contributed by atoms with Crippen LogP contribution in [0.15, 0.2) is 42.6 Å². The van der Waals surface area contributed by atoms with Crippen molar-refractivity contribution in [2.75, 3.05) is 13.7 Å². The lowest BCUT2D eigenvalue weighted by Gasteiger charge is -2.30. The van der Waals surface area contributed by atoms with Crippen LogP contribution in [-0.2, 0) is 12.6 Å². The van der Waals surface area contributed by atoms with Crippen molar-refractivity contribution in [2.45, 2.75) is 38.9 Å².